The number of ether oxygens (including phenoxy) is 1. The summed E-state index contributed by atoms with van der Waals surface area (Å²) in [5, 5.41) is 14.7. The van der Waals surface area contributed by atoms with E-state index in [-0.39, 0.29) is 24.6 Å². The third-order valence-electron chi connectivity index (χ3n) is 12.2. The molecule has 13 heteroatoms. The molecule has 1 saturated carbocycles. The topological polar surface area (TPSA) is 102 Å². The number of alkyl halides is 2. The molecule has 11 nitrogen and oxygen atoms in total. The average molecular weight is 678 g/mol. The molecule has 6 heterocycles. The Labute approximate surface area is 286 Å². The Bertz CT molecular complexity index is 1680. The highest BCUT2D eigenvalue weighted by atomic mass is 19.3. The van der Waals surface area contributed by atoms with Crippen LogP contribution in [0.15, 0.2) is 30.5 Å². The standard InChI is InChI=1S/C36H49F2N9O2/c1-39-27-20-32(43-47-29(21-41-33(27)47)34(48)42-26-6-7-30(26)49-2)46-17-8-25-24(4-3-5-28(25)46)22-44-16-9-31(36(37,38)23-44)45-18-12-35(13-19-45)10-14-40-15-11-35/h3-5,20-21,26,30-31,39-40H,6-19,22-23H2,1-2H3,(H,42,48)/t26-,30-,31?/m1/s1. The van der Waals surface area contributed by atoms with Gasteiger partial charge in [0.25, 0.3) is 11.8 Å². The number of anilines is 3. The molecule has 3 saturated heterocycles. The maximum atomic E-state index is 15.8. The minimum atomic E-state index is -2.75. The van der Waals surface area contributed by atoms with Gasteiger partial charge >= 0.3 is 0 Å². The minimum Gasteiger partial charge on any atom is -0.385 e. The molecule has 0 bridgehead atoms. The van der Waals surface area contributed by atoms with Crippen molar-refractivity contribution in [2.45, 2.75) is 82.0 Å². The van der Waals surface area contributed by atoms with Gasteiger partial charge in [0.15, 0.2) is 17.2 Å². The Morgan fingerprint density at radius 3 is 2.61 bits per heavy atom. The van der Waals surface area contributed by atoms with Crippen molar-refractivity contribution >= 4 is 28.7 Å². The molecule has 4 aliphatic heterocycles. The number of carbonyl (C=O) groups excluding carboxylic acids is 1. The Balaban J connectivity index is 0.969. The number of fused-ring (bicyclic) bond motifs is 2. The van der Waals surface area contributed by atoms with Crippen LogP contribution >= 0.6 is 0 Å². The highest BCUT2D eigenvalue weighted by Gasteiger charge is 2.49. The molecule has 3 N–H and O–H groups in total. The molecular formula is C36H49F2N9O2. The second kappa shape index (κ2) is 13.1. The van der Waals surface area contributed by atoms with E-state index in [1.165, 1.54) is 18.4 Å². The van der Waals surface area contributed by atoms with Crippen LogP contribution in [0, 0.1) is 5.41 Å². The zero-order chi connectivity index (χ0) is 33.8. The number of benzene rings is 1. The highest BCUT2D eigenvalue weighted by molar-refractivity contribution is 5.94. The quantitative estimate of drug-likeness (QED) is 0.326. The lowest BCUT2D eigenvalue weighted by Crippen LogP contribution is -2.60. The molecule has 1 aliphatic carbocycles. The van der Waals surface area contributed by atoms with Crippen LogP contribution in [-0.4, -0.2) is 114 Å². The van der Waals surface area contributed by atoms with Gasteiger partial charge in [-0.2, -0.15) is 0 Å². The van der Waals surface area contributed by atoms with E-state index in [1.54, 1.807) is 17.8 Å². The van der Waals surface area contributed by atoms with Crippen LogP contribution < -0.4 is 20.9 Å². The summed E-state index contributed by atoms with van der Waals surface area (Å²) in [5.74, 6) is -2.29. The summed E-state index contributed by atoms with van der Waals surface area (Å²) >= 11 is 0. The van der Waals surface area contributed by atoms with Gasteiger partial charge in [-0.3, -0.25) is 14.6 Å². The molecule has 264 valence electrons. The molecule has 3 aromatic rings. The molecule has 49 heavy (non-hydrogen) atoms. The molecule has 1 unspecified atom stereocenters. The van der Waals surface area contributed by atoms with Gasteiger partial charge in [-0.1, -0.05) is 12.1 Å². The van der Waals surface area contributed by atoms with Crippen molar-refractivity contribution in [1.29, 1.82) is 0 Å². The lowest BCUT2D eigenvalue weighted by atomic mass is 9.71. The molecule has 1 spiro atoms. The Hall–Kier alpha value is -3.39. The van der Waals surface area contributed by atoms with Crippen molar-refractivity contribution in [3.05, 3.63) is 47.3 Å². The summed E-state index contributed by atoms with van der Waals surface area (Å²) in [6, 6.07) is 7.43. The smallest absolute Gasteiger partial charge is 0.275 e. The molecular weight excluding hydrogens is 628 g/mol. The first-order valence-electron chi connectivity index (χ1n) is 18.1. The molecule has 3 atom stereocenters. The second-order valence-electron chi connectivity index (χ2n) is 14.9. The number of nitrogens with one attached hydrogen (secondary N) is 3. The van der Waals surface area contributed by atoms with Gasteiger partial charge in [0.1, 0.15) is 0 Å². The van der Waals surface area contributed by atoms with E-state index < -0.39 is 12.0 Å². The van der Waals surface area contributed by atoms with Gasteiger partial charge in [-0.25, -0.2) is 18.3 Å². The minimum absolute atomic E-state index is 0.0223. The van der Waals surface area contributed by atoms with Crippen LogP contribution in [0.2, 0.25) is 0 Å². The highest BCUT2D eigenvalue weighted by Crippen LogP contribution is 2.43. The second-order valence-corrected chi connectivity index (χ2v) is 14.9. The SMILES string of the molecule is CNc1cc(N2CCc3c(CN4CCC(N5CCC6(CCNCC6)CC5)C(F)(F)C4)cccc32)nn2c(C(=O)N[C@@H]3CC[C@H]3OC)cnc12. The number of methoxy groups -OCH3 is 1. The fourth-order valence-corrected chi connectivity index (χ4v) is 9.07. The van der Waals surface area contributed by atoms with E-state index in [0.717, 1.165) is 75.2 Å². The van der Waals surface area contributed by atoms with Crippen LogP contribution in [0.25, 0.3) is 5.65 Å². The molecule has 1 amide bonds. The predicted molar refractivity (Wildman–Crippen MR) is 185 cm³/mol. The molecule has 0 radical (unpaired) electrons. The van der Waals surface area contributed by atoms with Gasteiger partial charge in [0.05, 0.1) is 36.6 Å². The third kappa shape index (κ3) is 6.06. The molecule has 1 aromatic carbocycles. The number of amides is 1. The van der Waals surface area contributed by atoms with E-state index in [4.69, 9.17) is 9.84 Å². The lowest BCUT2D eigenvalue weighted by molar-refractivity contribution is -0.138. The monoisotopic (exact) mass is 677 g/mol. The number of imidazole rings is 1. The van der Waals surface area contributed by atoms with Gasteiger partial charge in [-0.05, 0) is 100 Å². The van der Waals surface area contributed by atoms with Crippen molar-refractivity contribution in [3.8, 4) is 0 Å². The number of hydrogen-bond donors (Lipinski definition) is 3. The molecule has 8 rings (SSSR count). The number of nitrogens with zero attached hydrogens (tertiary/aromatic N) is 6. The summed E-state index contributed by atoms with van der Waals surface area (Å²) in [4.78, 5) is 24.0. The van der Waals surface area contributed by atoms with E-state index >= 15 is 8.78 Å². The van der Waals surface area contributed by atoms with Crippen molar-refractivity contribution in [2.24, 2.45) is 5.41 Å². The summed E-state index contributed by atoms with van der Waals surface area (Å²) in [5.41, 5.74) is 5.33. The maximum Gasteiger partial charge on any atom is 0.275 e. The summed E-state index contributed by atoms with van der Waals surface area (Å²) in [6.07, 6.45) is 9.10. The van der Waals surface area contributed by atoms with Crippen LogP contribution in [0.1, 0.15) is 66.6 Å². The maximum absolute atomic E-state index is 15.8. The van der Waals surface area contributed by atoms with E-state index in [0.29, 0.717) is 48.6 Å². The Morgan fingerprint density at radius 2 is 1.90 bits per heavy atom. The van der Waals surface area contributed by atoms with E-state index in [9.17, 15) is 4.79 Å². The zero-order valence-electron chi connectivity index (χ0n) is 28.7. The van der Waals surface area contributed by atoms with Crippen molar-refractivity contribution in [3.63, 3.8) is 0 Å². The number of likely N-dealkylation sites (tertiary alicyclic amines) is 2. The van der Waals surface area contributed by atoms with Crippen molar-refractivity contribution in [1.82, 2.24) is 35.0 Å². The van der Waals surface area contributed by atoms with Crippen LogP contribution in [0.4, 0.5) is 26.0 Å². The molecule has 5 aliphatic rings. The number of rotatable bonds is 8. The number of carbonyl (C=O) groups is 1. The summed E-state index contributed by atoms with van der Waals surface area (Å²) in [6.45, 7) is 5.34. The lowest BCUT2D eigenvalue weighted by Gasteiger charge is -2.50. The first kappa shape index (κ1) is 32.8. The third-order valence-corrected chi connectivity index (χ3v) is 12.2. The summed E-state index contributed by atoms with van der Waals surface area (Å²) < 4.78 is 38.7. The normalized spacial score (nSPS) is 26.9. The van der Waals surface area contributed by atoms with Crippen LogP contribution in [0.5, 0.6) is 0 Å². The van der Waals surface area contributed by atoms with E-state index in [1.807, 2.05) is 24.1 Å². The van der Waals surface area contributed by atoms with E-state index in [2.05, 4.69) is 42.9 Å². The Morgan fingerprint density at radius 1 is 1.08 bits per heavy atom. The molecule has 2 aromatic heterocycles. The fourth-order valence-electron chi connectivity index (χ4n) is 9.07. The van der Waals surface area contributed by atoms with Gasteiger partial charge in [0.2, 0.25) is 0 Å². The van der Waals surface area contributed by atoms with Crippen LogP contribution in [-0.2, 0) is 17.7 Å². The largest absolute Gasteiger partial charge is 0.385 e. The van der Waals surface area contributed by atoms with Gasteiger partial charge < -0.3 is 25.6 Å². The summed E-state index contributed by atoms with van der Waals surface area (Å²) in [7, 11) is 3.50. The number of halogens is 2. The Kier molecular flexibility index (Phi) is 8.74. The number of aromatic nitrogens is 3. The average Bonchev–Trinajstić information content (AvgIpc) is 3.73. The van der Waals surface area contributed by atoms with Crippen molar-refractivity contribution < 1.29 is 18.3 Å². The van der Waals surface area contributed by atoms with Crippen LogP contribution in [0.3, 0.4) is 0 Å². The first-order chi connectivity index (χ1) is 23.8. The molecule has 4 fully saturated rings. The predicted octanol–water partition coefficient (Wildman–Crippen LogP) is 4.05. The number of hydrogen-bond acceptors (Lipinski definition) is 9. The van der Waals surface area contributed by atoms with Gasteiger partial charge in [0, 0.05) is 45.5 Å². The fraction of sp³-hybridized carbons (Fsp3) is 0.639. The number of piperidine rings is 3. The first-order valence-corrected chi connectivity index (χ1v) is 18.1. The van der Waals surface area contributed by atoms with Gasteiger partial charge in [-0.15, -0.1) is 5.10 Å². The van der Waals surface area contributed by atoms with Crippen molar-refractivity contribution in [2.75, 3.05) is 70.2 Å². The zero-order valence-corrected chi connectivity index (χ0v) is 28.7.